The van der Waals surface area contributed by atoms with Crippen molar-refractivity contribution in [3.05, 3.63) is 0 Å². The first-order valence-electron chi connectivity index (χ1n) is 5.35. The van der Waals surface area contributed by atoms with E-state index in [1.807, 2.05) is 6.92 Å². The Bertz CT molecular complexity index is 133. The fraction of sp³-hybridized carbons (Fsp3) is 1.00. The molecule has 0 aliphatic carbocycles. The number of likely N-dealkylation sites (tertiary alicyclic amines) is 1. The zero-order chi connectivity index (χ0) is 9.68. The molecule has 1 aliphatic rings. The predicted molar refractivity (Wildman–Crippen MR) is 54.8 cm³/mol. The molecule has 0 amide bonds. The van der Waals surface area contributed by atoms with Crippen LogP contribution in [0.25, 0.3) is 0 Å². The van der Waals surface area contributed by atoms with Gasteiger partial charge >= 0.3 is 0 Å². The van der Waals surface area contributed by atoms with Gasteiger partial charge in [0.15, 0.2) is 0 Å². The normalized spacial score (nSPS) is 23.3. The molecule has 0 aromatic rings. The third kappa shape index (κ3) is 3.63. The maximum Gasteiger partial charge on any atom is 0.0582 e. The van der Waals surface area contributed by atoms with Crippen LogP contribution in [0.4, 0.5) is 0 Å². The molecule has 1 fully saturated rings. The van der Waals surface area contributed by atoms with E-state index in [2.05, 4.69) is 17.1 Å². The van der Waals surface area contributed by atoms with Crippen LogP contribution in [-0.4, -0.2) is 48.3 Å². The number of aliphatic hydroxyl groups is 1. The average Bonchev–Trinajstić information content (AvgIpc) is 2.19. The highest BCUT2D eigenvalue weighted by Crippen LogP contribution is 2.10. The first-order chi connectivity index (χ1) is 6.26. The van der Waals surface area contributed by atoms with Crippen LogP contribution in [0.3, 0.4) is 0 Å². The molecule has 1 rings (SSSR count). The summed E-state index contributed by atoms with van der Waals surface area (Å²) in [5, 5.41) is 12.3. The molecular formula is C10H22N2O. The first kappa shape index (κ1) is 11.0. The summed E-state index contributed by atoms with van der Waals surface area (Å²) in [7, 11) is 0. The number of rotatable bonds is 4. The van der Waals surface area contributed by atoms with Gasteiger partial charge in [0.25, 0.3) is 0 Å². The summed E-state index contributed by atoms with van der Waals surface area (Å²) in [6.07, 6.45) is 2.44. The van der Waals surface area contributed by atoms with Crippen LogP contribution in [0.15, 0.2) is 0 Å². The minimum absolute atomic E-state index is 0.244. The second-order valence-corrected chi connectivity index (χ2v) is 3.96. The molecule has 0 bridgehead atoms. The smallest absolute Gasteiger partial charge is 0.0582 e. The second-order valence-electron chi connectivity index (χ2n) is 3.96. The van der Waals surface area contributed by atoms with E-state index in [1.165, 1.54) is 32.5 Å². The van der Waals surface area contributed by atoms with E-state index in [0.717, 1.165) is 0 Å². The van der Waals surface area contributed by atoms with Crippen LogP contribution >= 0.6 is 0 Å². The summed E-state index contributed by atoms with van der Waals surface area (Å²) in [6.45, 7) is 8.06. The van der Waals surface area contributed by atoms with E-state index in [0.29, 0.717) is 6.04 Å². The summed E-state index contributed by atoms with van der Waals surface area (Å²) >= 11 is 0. The standard InChI is InChI=1S/C10H22N2O/c1-3-12-6-4-10(5-7-12)11-9(2)8-13/h9-11,13H,3-8H2,1-2H3/t9-/m1/s1. The van der Waals surface area contributed by atoms with Crippen molar-refractivity contribution in [1.82, 2.24) is 10.2 Å². The number of aliphatic hydroxyl groups excluding tert-OH is 1. The van der Waals surface area contributed by atoms with Crippen molar-refractivity contribution in [2.24, 2.45) is 0 Å². The van der Waals surface area contributed by atoms with Gasteiger partial charge in [-0.3, -0.25) is 0 Å². The molecule has 0 unspecified atom stereocenters. The van der Waals surface area contributed by atoms with E-state index < -0.39 is 0 Å². The van der Waals surface area contributed by atoms with Gasteiger partial charge in [-0.2, -0.15) is 0 Å². The molecule has 1 heterocycles. The van der Waals surface area contributed by atoms with Crippen LogP contribution in [0.1, 0.15) is 26.7 Å². The lowest BCUT2D eigenvalue weighted by atomic mass is 10.0. The van der Waals surface area contributed by atoms with E-state index >= 15 is 0 Å². The zero-order valence-electron chi connectivity index (χ0n) is 8.79. The van der Waals surface area contributed by atoms with Gasteiger partial charge in [0.2, 0.25) is 0 Å². The summed E-state index contributed by atoms with van der Waals surface area (Å²) in [6, 6.07) is 0.864. The molecule has 13 heavy (non-hydrogen) atoms. The molecule has 0 aromatic heterocycles. The van der Waals surface area contributed by atoms with Crippen molar-refractivity contribution in [2.75, 3.05) is 26.2 Å². The van der Waals surface area contributed by atoms with Crippen molar-refractivity contribution < 1.29 is 5.11 Å². The molecule has 3 nitrogen and oxygen atoms in total. The van der Waals surface area contributed by atoms with Gasteiger partial charge < -0.3 is 15.3 Å². The van der Waals surface area contributed by atoms with Gasteiger partial charge in [0.05, 0.1) is 6.61 Å². The van der Waals surface area contributed by atoms with Crippen molar-refractivity contribution >= 4 is 0 Å². The molecule has 78 valence electrons. The van der Waals surface area contributed by atoms with Crippen LogP contribution in [0.5, 0.6) is 0 Å². The molecule has 0 saturated carbocycles. The van der Waals surface area contributed by atoms with E-state index in [4.69, 9.17) is 5.11 Å². The molecular weight excluding hydrogens is 164 g/mol. The molecule has 0 spiro atoms. The number of nitrogens with zero attached hydrogens (tertiary/aromatic N) is 1. The van der Waals surface area contributed by atoms with Crippen LogP contribution in [-0.2, 0) is 0 Å². The Morgan fingerprint density at radius 3 is 2.54 bits per heavy atom. The Labute approximate surface area is 81.1 Å². The summed E-state index contributed by atoms with van der Waals surface area (Å²) < 4.78 is 0. The Balaban J connectivity index is 2.17. The quantitative estimate of drug-likeness (QED) is 0.669. The lowest BCUT2D eigenvalue weighted by Crippen LogP contribution is -2.46. The van der Waals surface area contributed by atoms with Crippen LogP contribution < -0.4 is 5.32 Å². The Kier molecular flexibility index (Phi) is 4.70. The molecule has 3 heteroatoms. The van der Waals surface area contributed by atoms with Crippen molar-refractivity contribution in [3.63, 3.8) is 0 Å². The summed E-state index contributed by atoms with van der Waals surface area (Å²) in [5.74, 6) is 0. The number of hydrogen-bond acceptors (Lipinski definition) is 3. The molecule has 1 aliphatic heterocycles. The van der Waals surface area contributed by atoms with E-state index in [1.54, 1.807) is 0 Å². The highest BCUT2D eigenvalue weighted by Gasteiger charge is 2.18. The minimum atomic E-state index is 0.244. The van der Waals surface area contributed by atoms with Crippen molar-refractivity contribution in [2.45, 2.75) is 38.8 Å². The molecule has 0 radical (unpaired) electrons. The van der Waals surface area contributed by atoms with Gasteiger partial charge in [-0.25, -0.2) is 0 Å². The van der Waals surface area contributed by atoms with Gasteiger partial charge in [-0.05, 0) is 39.4 Å². The lowest BCUT2D eigenvalue weighted by Gasteiger charge is -2.32. The van der Waals surface area contributed by atoms with Gasteiger partial charge in [-0.15, -0.1) is 0 Å². The number of piperidine rings is 1. The molecule has 2 N–H and O–H groups in total. The van der Waals surface area contributed by atoms with E-state index in [9.17, 15) is 0 Å². The monoisotopic (exact) mass is 186 g/mol. The first-order valence-corrected chi connectivity index (χ1v) is 5.35. The van der Waals surface area contributed by atoms with Crippen molar-refractivity contribution in [1.29, 1.82) is 0 Å². The maximum atomic E-state index is 8.89. The van der Waals surface area contributed by atoms with Crippen LogP contribution in [0, 0.1) is 0 Å². The second kappa shape index (κ2) is 5.58. The molecule has 1 atom stereocenters. The maximum absolute atomic E-state index is 8.89. The fourth-order valence-corrected chi connectivity index (χ4v) is 1.87. The molecule has 0 aromatic carbocycles. The third-order valence-corrected chi connectivity index (χ3v) is 2.83. The predicted octanol–water partition coefficient (Wildman–Crippen LogP) is 0.441. The highest BCUT2D eigenvalue weighted by molar-refractivity contribution is 4.78. The summed E-state index contributed by atoms with van der Waals surface area (Å²) in [4.78, 5) is 2.47. The van der Waals surface area contributed by atoms with Gasteiger partial charge in [0.1, 0.15) is 0 Å². The Hall–Kier alpha value is -0.120. The van der Waals surface area contributed by atoms with Gasteiger partial charge in [0, 0.05) is 12.1 Å². The third-order valence-electron chi connectivity index (χ3n) is 2.83. The van der Waals surface area contributed by atoms with Gasteiger partial charge in [-0.1, -0.05) is 6.92 Å². The summed E-state index contributed by atoms with van der Waals surface area (Å²) in [5.41, 5.74) is 0. The van der Waals surface area contributed by atoms with Crippen molar-refractivity contribution in [3.8, 4) is 0 Å². The molecule has 1 saturated heterocycles. The van der Waals surface area contributed by atoms with Crippen LogP contribution in [0.2, 0.25) is 0 Å². The Morgan fingerprint density at radius 2 is 2.08 bits per heavy atom. The SMILES string of the molecule is CCN1CCC(N[C@H](C)CO)CC1. The lowest BCUT2D eigenvalue weighted by molar-refractivity contribution is 0.181. The zero-order valence-corrected chi connectivity index (χ0v) is 8.79. The van der Waals surface area contributed by atoms with E-state index in [-0.39, 0.29) is 12.6 Å². The minimum Gasteiger partial charge on any atom is -0.395 e. The number of hydrogen-bond donors (Lipinski definition) is 2. The topological polar surface area (TPSA) is 35.5 Å². The number of nitrogens with one attached hydrogen (secondary N) is 1. The largest absolute Gasteiger partial charge is 0.395 e. The average molecular weight is 186 g/mol. The Morgan fingerprint density at radius 1 is 1.46 bits per heavy atom. The fourth-order valence-electron chi connectivity index (χ4n) is 1.87. The highest BCUT2D eigenvalue weighted by atomic mass is 16.3.